The van der Waals surface area contributed by atoms with Crippen LogP contribution in [0.3, 0.4) is 0 Å². The van der Waals surface area contributed by atoms with Gasteiger partial charge in [-0.25, -0.2) is 9.97 Å². The molecule has 4 nitrogen and oxygen atoms in total. The summed E-state index contributed by atoms with van der Waals surface area (Å²) in [6.45, 7) is 2.07. The zero-order valence-electron chi connectivity index (χ0n) is 12.2. The summed E-state index contributed by atoms with van der Waals surface area (Å²) < 4.78 is 0. The molecule has 0 radical (unpaired) electrons. The lowest BCUT2D eigenvalue weighted by Gasteiger charge is -2.01. The summed E-state index contributed by atoms with van der Waals surface area (Å²) >= 11 is 1.43. The molecule has 0 bridgehead atoms. The fraction of sp³-hybridized carbons (Fsp3) is 0.235. The number of aryl methyl sites for hydroxylation is 1. The minimum atomic E-state index is 0.0814. The van der Waals surface area contributed by atoms with E-state index in [-0.39, 0.29) is 11.8 Å². The van der Waals surface area contributed by atoms with Crippen molar-refractivity contribution < 1.29 is 4.79 Å². The summed E-state index contributed by atoms with van der Waals surface area (Å²) in [5, 5.41) is 3.53. The van der Waals surface area contributed by atoms with Crippen LogP contribution in [0.4, 0.5) is 5.13 Å². The maximum absolute atomic E-state index is 11.8. The Labute approximate surface area is 132 Å². The quantitative estimate of drug-likeness (QED) is 0.795. The van der Waals surface area contributed by atoms with Gasteiger partial charge in [-0.2, -0.15) is 0 Å². The van der Waals surface area contributed by atoms with E-state index in [1.807, 2.05) is 18.2 Å². The lowest BCUT2D eigenvalue weighted by atomic mass is 10.1. The molecule has 1 aliphatic carbocycles. The predicted molar refractivity (Wildman–Crippen MR) is 88.9 cm³/mol. The summed E-state index contributed by atoms with van der Waals surface area (Å²) in [4.78, 5) is 21.8. The van der Waals surface area contributed by atoms with Crippen LogP contribution in [-0.2, 0) is 4.79 Å². The molecule has 1 N–H and O–H groups in total. The zero-order valence-corrected chi connectivity index (χ0v) is 13.0. The van der Waals surface area contributed by atoms with Gasteiger partial charge in [0.25, 0.3) is 0 Å². The van der Waals surface area contributed by atoms with Gasteiger partial charge in [0.1, 0.15) is 10.3 Å². The highest BCUT2D eigenvalue weighted by Gasteiger charge is 2.30. The number of benzene rings is 1. The van der Waals surface area contributed by atoms with Crippen LogP contribution in [0.15, 0.2) is 36.4 Å². The van der Waals surface area contributed by atoms with Crippen LogP contribution in [0.5, 0.6) is 0 Å². The second-order valence-electron chi connectivity index (χ2n) is 5.67. The van der Waals surface area contributed by atoms with Gasteiger partial charge in [0.05, 0.1) is 5.69 Å². The molecule has 2 aromatic heterocycles. The maximum Gasteiger partial charge on any atom is 0.229 e. The van der Waals surface area contributed by atoms with E-state index in [1.54, 1.807) is 0 Å². The number of fused-ring (bicyclic) bond motifs is 1. The van der Waals surface area contributed by atoms with E-state index in [0.717, 1.165) is 34.4 Å². The fourth-order valence-corrected chi connectivity index (χ4v) is 3.23. The molecule has 1 amide bonds. The summed E-state index contributed by atoms with van der Waals surface area (Å²) in [7, 11) is 0. The van der Waals surface area contributed by atoms with Gasteiger partial charge in [-0.1, -0.05) is 35.1 Å². The van der Waals surface area contributed by atoms with Gasteiger partial charge in [0.2, 0.25) is 5.91 Å². The van der Waals surface area contributed by atoms with Crippen LogP contribution in [0, 0.1) is 12.8 Å². The minimum absolute atomic E-state index is 0.0814. The summed E-state index contributed by atoms with van der Waals surface area (Å²) in [5.74, 6) is 0.265. The molecule has 2 heterocycles. The highest BCUT2D eigenvalue weighted by Crippen LogP contribution is 2.32. The first-order valence-corrected chi connectivity index (χ1v) is 8.16. The normalized spacial score (nSPS) is 14.2. The van der Waals surface area contributed by atoms with Gasteiger partial charge >= 0.3 is 0 Å². The average Bonchev–Trinajstić information content (AvgIpc) is 3.28. The average molecular weight is 309 g/mol. The number of carbonyl (C=O) groups excluding carboxylic acids is 1. The molecular weight excluding hydrogens is 294 g/mol. The number of pyridine rings is 1. The molecule has 0 atom stereocenters. The van der Waals surface area contributed by atoms with E-state index in [9.17, 15) is 4.79 Å². The standard InChI is InChI=1S/C17H15N3OS/c1-10-3-2-4-12(9-10)13-7-8-14-16(18-13)22-17(19-14)20-15(21)11-5-6-11/h2-4,7-9,11H,5-6H2,1H3,(H,19,20,21). The second kappa shape index (κ2) is 5.18. The first-order chi connectivity index (χ1) is 10.7. The Kier molecular flexibility index (Phi) is 3.15. The molecule has 110 valence electrons. The Morgan fingerprint density at radius 3 is 2.86 bits per heavy atom. The van der Waals surface area contributed by atoms with E-state index in [2.05, 4.69) is 40.4 Å². The highest BCUT2D eigenvalue weighted by molar-refractivity contribution is 7.22. The van der Waals surface area contributed by atoms with Crippen molar-refractivity contribution >= 4 is 32.7 Å². The number of rotatable bonds is 3. The summed E-state index contributed by atoms with van der Waals surface area (Å²) in [6, 6.07) is 12.2. The van der Waals surface area contributed by atoms with Crippen molar-refractivity contribution in [2.45, 2.75) is 19.8 Å². The Bertz CT molecular complexity index is 867. The number of carbonyl (C=O) groups is 1. The third kappa shape index (κ3) is 2.60. The van der Waals surface area contributed by atoms with Crippen molar-refractivity contribution in [2.75, 3.05) is 5.32 Å². The van der Waals surface area contributed by atoms with Crippen molar-refractivity contribution in [1.29, 1.82) is 0 Å². The molecule has 4 rings (SSSR count). The molecule has 0 aliphatic heterocycles. The van der Waals surface area contributed by atoms with Gasteiger partial charge in [0, 0.05) is 11.5 Å². The number of hydrogen-bond acceptors (Lipinski definition) is 4. The van der Waals surface area contributed by atoms with Gasteiger partial charge in [0.15, 0.2) is 5.13 Å². The molecule has 1 aromatic carbocycles. The van der Waals surface area contributed by atoms with Crippen molar-refractivity contribution in [3.63, 3.8) is 0 Å². The molecule has 3 aromatic rings. The van der Waals surface area contributed by atoms with Gasteiger partial charge < -0.3 is 5.32 Å². The van der Waals surface area contributed by atoms with Crippen LogP contribution >= 0.6 is 11.3 Å². The third-order valence-corrected chi connectivity index (χ3v) is 4.63. The van der Waals surface area contributed by atoms with Crippen LogP contribution in [0.25, 0.3) is 21.6 Å². The number of anilines is 1. The van der Waals surface area contributed by atoms with Crippen molar-refractivity contribution in [2.24, 2.45) is 5.92 Å². The SMILES string of the molecule is Cc1cccc(-c2ccc3nc(NC(=O)C4CC4)sc3n2)c1. The molecule has 0 unspecified atom stereocenters. The molecule has 0 spiro atoms. The third-order valence-electron chi connectivity index (χ3n) is 3.75. The number of amides is 1. The fourth-order valence-electron chi connectivity index (χ4n) is 2.39. The molecule has 5 heteroatoms. The number of nitrogens with zero attached hydrogens (tertiary/aromatic N) is 2. The van der Waals surface area contributed by atoms with E-state index < -0.39 is 0 Å². The molecule has 1 saturated carbocycles. The Balaban J connectivity index is 1.67. The first kappa shape index (κ1) is 13.4. The lowest BCUT2D eigenvalue weighted by Crippen LogP contribution is -2.12. The number of aromatic nitrogens is 2. The van der Waals surface area contributed by atoms with Gasteiger partial charge in [-0.15, -0.1) is 0 Å². The Hall–Kier alpha value is -2.27. The predicted octanol–water partition coefficient (Wildman–Crippen LogP) is 4.02. The number of nitrogens with one attached hydrogen (secondary N) is 1. The monoisotopic (exact) mass is 309 g/mol. The second-order valence-corrected chi connectivity index (χ2v) is 6.65. The summed E-state index contributed by atoms with van der Waals surface area (Å²) in [5.41, 5.74) is 4.06. The van der Waals surface area contributed by atoms with Crippen LogP contribution < -0.4 is 5.32 Å². The van der Waals surface area contributed by atoms with Crippen molar-refractivity contribution in [3.8, 4) is 11.3 Å². The zero-order chi connectivity index (χ0) is 15.1. The molecule has 0 saturated heterocycles. The lowest BCUT2D eigenvalue weighted by molar-refractivity contribution is -0.117. The van der Waals surface area contributed by atoms with E-state index >= 15 is 0 Å². The topological polar surface area (TPSA) is 54.9 Å². The van der Waals surface area contributed by atoms with E-state index in [0.29, 0.717) is 5.13 Å². The molecule has 1 aliphatic rings. The largest absolute Gasteiger partial charge is 0.302 e. The first-order valence-electron chi connectivity index (χ1n) is 7.34. The van der Waals surface area contributed by atoms with Crippen LogP contribution in [0.2, 0.25) is 0 Å². The molecule has 22 heavy (non-hydrogen) atoms. The van der Waals surface area contributed by atoms with E-state index in [4.69, 9.17) is 0 Å². The smallest absolute Gasteiger partial charge is 0.229 e. The van der Waals surface area contributed by atoms with Crippen LogP contribution in [-0.4, -0.2) is 15.9 Å². The number of thiazole rings is 1. The van der Waals surface area contributed by atoms with Gasteiger partial charge in [-0.05, 0) is 38.0 Å². The Morgan fingerprint density at radius 1 is 1.23 bits per heavy atom. The molecule has 1 fully saturated rings. The summed E-state index contributed by atoms with van der Waals surface area (Å²) in [6.07, 6.45) is 1.99. The highest BCUT2D eigenvalue weighted by atomic mass is 32.1. The maximum atomic E-state index is 11.8. The number of hydrogen-bond donors (Lipinski definition) is 1. The molecular formula is C17H15N3OS. The van der Waals surface area contributed by atoms with Gasteiger partial charge in [-0.3, -0.25) is 4.79 Å². The van der Waals surface area contributed by atoms with Crippen LogP contribution in [0.1, 0.15) is 18.4 Å². The Morgan fingerprint density at radius 2 is 2.09 bits per heavy atom. The minimum Gasteiger partial charge on any atom is -0.302 e. The van der Waals surface area contributed by atoms with E-state index in [1.165, 1.54) is 16.9 Å². The van der Waals surface area contributed by atoms with Crippen molar-refractivity contribution in [3.05, 3.63) is 42.0 Å². The van der Waals surface area contributed by atoms with Crippen molar-refractivity contribution in [1.82, 2.24) is 9.97 Å².